The predicted octanol–water partition coefficient (Wildman–Crippen LogP) is 1.77. The van der Waals surface area contributed by atoms with Crippen LogP contribution in [0.2, 0.25) is 5.02 Å². The van der Waals surface area contributed by atoms with Crippen molar-refractivity contribution in [3.05, 3.63) is 63.7 Å². The highest BCUT2D eigenvalue weighted by molar-refractivity contribution is 6.33. The molecule has 156 valence electrons. The first-order valence-electron chi connectivity index (χ1n) is 9.82. The molecule has 1 fully saturated rings. The van der Waals surface area contributed by atoms with Gasteiger partial charge in [-0.1, -0.05) is 48.0 Å². The monoisotopic (exact) mass is 420 g/mol. The molecule has 0 unspecified atom stereocenters. The van der Waals surface area contributed by atoms with E-state index in [1.807, 2.05) is 36.4 Å². The van der Waals surface area contributed by atoms with Gasteiger partial charge in [0, 0.05) is 5.56 Å². The second-order valence-corrected chi connectivity index (χ2v) is 7.99. The molecule has 0 bridgehead atoms. The fourth-order valence-electron chi connectivity index (χ4n) is 4.14. The van der Waals surface area contributed by atoms with Crippen LogP contribution in [0.15, 0.2) is 36.4 Å². The summed E-state index contributed by atoms with van der Waals surface area (Å²) in [7, 11) is 0. The van der Waals surface area contributed by atoms with E-state index in [4.69, 9.17) is 21.1 Å². The fraction of sp³-hybridized carbons (Fsp3) is 0.455. The van der Waals surface area contributed by atoms with Gasteiger partial charge in [0.1, 0.15) is 36.3 Å². The van der Waals surface area contributed by atoms with Crippen molar-refractivity contribution in [3.63, 3.8) is 0 Å². The number of hydrogen-bond acceptors (Lipinski definition) is 6. The molecule has 2 aromatic carbocycles. The van der Waals surface area contributed by atoms with E-state index in [1.165, 1.54) is 0 Å². The molecule has 7 heteroatoms. The average molecular weight is 421 g/mol. The Morgan fingerprint density at radius 3 is 2.52 bits per heavy atom. The molecule has 0 amide bonds. The topological polar surface area (TPSA) is 99.4 Å². The highest BCUT2D eigenvalue weighted by Crippen LogP contribution is 2.44. The minimum absolute atomic E-state index is 0.468. The number of aliphatic hydroxyl groups is 4. The first-order chi connectivity index (χ1) is 14.0. The summed E-state index contributed by atoms with van der Waals surface area (Å²) in [4.78, 5) is 0. The van der Waals surface area contributed by atoms with E-state index in [0.717, 1.165) is 23.1 Å². The molecule has 0 spiro atoms. The Kier molecular flexibility index (Phi) is 6.11. The summed E-state index contributed by atoms with van der Waals surface area (Å²) >= 11 is 6.67. The molecular weight excluding hydrogens is 396 g/mol. The summed E-state index contributed by atoms with van der Waals surface area (Å²) < 4.78 is 11.7. The number of aliphatic hydroxyl groups excluding tert-OH is 4. The fourth-order valence-corrected chi connectivity index (χ4v) is 4.43. The van der Waals surface area contributed by atoms with Crippen LogP contribution in [0.5, 0.6) is 5.75 Å². The molecule has 2 aromatic rings. The lowest BCUT2D eigenvalue weighted by Gasteiger charge is -2.41. The van der Waals surface area contributed by atoms with Crippen LogP contribution in [0.3, 0.4) is 0 Å². The van der Waals surface area contributed by atoms with Gasteiger partial charge >= 0.3 is 0 Å². The number of fused-ring (bicyclic) bond motifs is 1. The van der Waals surface area contributed by atoms with Gasteiger partial charge in [-0.05, 0) is 36.0 Å². The van der Waals surface area contributed by atoms with Crippen molar-refractivity contribution in [2.45, 2.75) is 49.8 Å². The third-order valence-corrected chi connectivity index (χ3v) is 6.10. The summed E-state index contributed by atoms with van der Waals surface area (Å²) in [6.45, 7) is 0.0836. The van der Waals surface area contributed by atoms with Crippen LogP contribution in [-0.2, 0) is 17.6 Å². The van der Waals surface area contributed by atoms with Gasteiger partial charge in [-0.25, -0.2) is 0 Å². The van der Waals surface area contributed by atoms with Crippen molar-refractivity contribution in [3.8, 4) is 5.75 Å². The van der Waals surface area contributed by atoms with Gasteiger partial charge in [0.2, 0.25) is 0 Å². The van der Waals surface area contributed by atoms with Gasteiger partial charge in [-0.2, -0.15) is 0 Å². The number of rotatable bonds is 4. The third kappa shape index (κ3) is 3.89. The maximum absolute atomic E-state index is 10.6. The Morgan fingerprint density at radius 2 is 1.79 bits per heavy atom. The summed E-state index contributed by atoms with van der Waals surface area (Å²) in [6, 6.07) is 11.7. The number of halogens is 1. The van der Waals surface area contributed by atoms with Crippen molar-refractivity contribution in [1.82, 2.24) is 0 Å². The minimum atomic E-state index is -1.43. The van der Waals surface area contributed by atoms with Crippen LogP contribution >= 0.6 is 11.6 Å². The molecule has 6 nitrogen and oxygen atoms in total. The Morgan fingerprint density at radius 1 is 1.03 bits per heavy atom. The molecule has 4 N–H and O–H groups in total. The largest absolute Gasteiger partial charge is 0.492 e. The lowest BCUT2D eigenvalue weighted by Crippen LogP contribution is -2.55. The third-order valence-electron chi connectivity index (χ3n) is 5.69. The first kappa shape index (κ1) is 20.6. The van der Waals surface area contributed by atoms with E-state index in [1.54, 1.807) is 0 Å². The highest BCUT2D eigenvalue weighted by Gasteiger charge is 2.45. The Bertz CT molecular complexity index is 856. The van der Waals surface area contributed by atoms with Crippen LogP contribution in [-0.4, -0.2) is 58.1 Å². The zero-order valence-corrected chi connectivity index (χ0v) is 16.6. The van der Waals surface area contributed by atoms with Crippen molar-refractivity contribution < 1.29 is 29.9 Å². The summed E-state index contributed by atoms with van der Waals surface area (Å²) in [5.41, 5.74) is 3.41. The maximum atomic E-state index is 10.6. The summed E-state index contributed by atoms with van der Waals surface area (Å²) in [5, 5.41) is 41.1. The van der Waals surface area contributed by atoms with Crippen molar-refractivity contribution in [1.29, 1.82) is 0 Å². The van der Waals surface area contributed by atoms with E-state index >= 15 is 0 Å². The minimum Gasteiger partial charge on any atom is -0.492 e. The Hall–Kier alpha value is -1.67. The van der Waals surface area contributed by atoms with Crippen LogP contribution in [0.1, 0.15) is 34.8 Å². The molecule has 0 aliphatic carbocycles. The van der Waals surface area contributed by atoms with E-state index in [9.17, 15) is 20.4 Å². The molecule has 0 aromatic heterocycles. The molecule has 0 radical (unpaired) electrons. The van der Waals surface area contributed by atoms with Gasteiger partial charge in [0.15, 0.2) is 0 Å². The van der Waals surface area contributed by atoms with Gasteiger partial charge in [0.05, 0.1) is 18.2 Å². The summed E-state index contributed by atoms with van der Waals surface area (Å²) in [6.07, 6.45) is -3.98. The molecule has 4 rings (SSSR count). The molecule has 2 aliphatic heterocycles. The highest BCUT2D eigenvalue weighted by atomic mass is 35.5. The standard InChI is InChI=1S/C22H25ClO6/c23-17-13(9-12-5-2-1-3-6-12)10-15(14-7-4-8-28-21(14)17)22-20(27)19(26)18(25)16(11-24)29-22/h1-3,5-6,10,16,18-20,22,24-27H,4,7-9,11H2/t16-,18-,19+,20-,22+/m1/s1. The SMILES string of the molecule is OC[C@H]1O[C@@H](c2cc(Cc3ccccc3)c(Cl)c3c2CCCO3)[C@H](O)[C@@H](O)[C@@H]1O. The van der Waals surface area contributed by atoms with Gasteiger partial charge in [-0.15, -0.1) is 0 Å². The summed E-state index contributed by atoms with van der Waals surface area (Å²) in [5.74, 6) is 0.582. The zero-order chi connectivity index (χ0) is 20.5. The zero-order valence-electron chi connectivity index (χ0n) is 15.9. The second kappa shape index (κ2) is 8.60. The van der Waals surface area contributed by atoms with Crippen LogP contribution in [0.25, 0.3) is 0 Å². The van der Waals surface area contributed by atoms with Crippen LogP contribution < -0.4 is 4.74 Å². The number of benzene rings is 2. The molecule has 5 atom stereocenters. The van der Waals surface area contributed by atoms with Gasteiger partial charge in [0.25, 0.3) is 0 Å². The predicted molar refractivity (Wildman–Crippen MR) is 107 cm³/mol. The van der Waals surface area contributed by atoms with Crippen LogP contribution in [0, 0.1) is 0 Å². The lowest BCUT2D eigenvalue weighted by molar-refractivity contribution is -0.232. The molecule has 1 saturated heterocycles. The maximum Gasteiger partial charge on any atom is 0.141 e. The Balaban J connectivity index is 1.78. The second-order valence-electron chi connectivity index (χ2n) is 7.61. The quantitative estimate of drug-likeness (QED) is 0.601. The lowest BCUT2D eigenvalue weighted by atomic mass is 9.85. The van der Waals surface area contributed by atoms with Crippen molar-refractivity contribution in [2.24, 2.45) is 0 Å². The number of hydrogen-bond donors (Lipinski definition) is 4. The molecular formula is C22H25ClO6. The van der Waals surface area contributed by atoms with E-state index < -0.39 is 37.1 Å². The van der Waals surface area contributed by atoms with Crippen molar-refractivity contribution >= 4 is 11.6 Å². The van der Waals surface area contributed by atoms with E-state index in [-0.39, 0.29) is 0 Å². The smallest absolute Gasteiger partial charge is 0.141 e. The van der Waals surface area contributed by atoms with Gasteiger partial charge < -0.3 is 29.9 Å². The molecule has 0 saturated carbocycles. The van der Waals surface area contributed by atoms with E-state index in [2.05, 4.69) is 0 Å². The molecule has 29 heavy (non-hydrogen) atoms. The average Bonchev–Trinajstić information content (AvgIpc) is 2.75. The first-order valence-corrected chi connectivity index (χ1v) is 10.2. The normalized spacial score (nSPS) is 29.2. The van der Waals surface area contributed by atoms with Crippen molar-refractivity contribution in [2.75, 3.05) is 13.2 Å². The van der Waals surface area contributed by atoms with Gasteiger partial charge in [-0.3, -0.25) is 0 Å². The van der Waals surface area contributed by atoms with E-state index in [0.29, 0.717) is 35.8 Å². The number of ether oxygens (including phenoxy) is 2. The van der Waals surface area contributed by atoms with Crippen LogP contribution in [0.4, 0.5) is 0 Å². The Labute approximate surface area is 174 Å². The molecule has 2 heterocycles. The molecule has 2 aliphatic rings.